The third-order valence-electron chi connectivity index (χ3n) is 0.922. The van der Waals surface area contributed by atoms with Crippen molar-refractivity contribution in [2.45, 2.75) is 32.5 Å². The Morgan fingerprint density at radius 3 is 2.00 bits per heavy atom. The van der Waals surface area contributed by atoms with Gasteiger partial charge in [0.2, 0.25) is 5.91 Å². The molecule has 0 radical (unpaired) electrons. The largest absolute Gasteiger partial charge is 0.409 e. The first-order valence-electron chi connectivity index (χ1n) is 3.68. The van der Waals surface area contributed by atoms with E-state index in [1.165, 1.54) is 0 Å². The molecule has 0 saturated carbocycles. The first-order valence-corrected chi connectivity index (χ1v) is 3.68. The average Bonchev–Trinajstić information content (AvgIpc) is 1.78. The van der Waals surface area contributed by atoms with Crippen LogP contribution in [-0.4, -0.2) is 17.6 Å². The molecule has 13 heavy (non-hydrogen) atoms. The summed E-state index contributed by atoms with van der Waals surface area (Å²) in [5, 5.41) is 2.37. The highest BCUT2D eigenvalue weighted by Gasteiger charge is 2.23. The summed E-state index contributed by atoms with van der Waals surface area (Å²) in [5.41, 5.74) is -0.521. The first kappa shape index (κ1) is 12.0. The van der Waals surface area contributed by atoms with Gasteiger partial charge in [-0.2, -0.15) is 13.2 Å². The number of halogens is 3. The van der Waals surface area contributed by atoms with Crippen LogP contribution in [0.25, 0.3) is 0 Å². The molecule has 0 aliphatic rings. The number of amides is 1. The second-order valence-corrected chi connectivity index (χ2v) is 3.61. The number of hydrogen-bond acceptors (Lipinski definition) is 1. The summed E-state index contributed by atoms with van der Waals surface area (Å²) >= 11 is 0. The molecule has 0 unspecified atom stereocenters. The number of allylic oxidation sites excluding steroid dienone is 1. The van der Waals surface area contributed by atoms with Crippen LogP contribution < -0.4 is 5.32 Å². The molecule has 1 amide bonds. The highest BCUT2D eigenvalue weighted by molar-refractivity contribution is 5.88. The quantitative estimate of drug-likeness (QED) is 0.637. The maximum Gasteiger partial charge on any atom is 0.409 e. The van der Waals surface area contributed by atoms with E-state index >= 15 is 0 Å². The molecule has 0 aromatic heterocycles. The summed E-state index contributed by atoms with van der Waals surface area (Å²) in [6.45, 7) is 5.06. The maximum absolute atomic E-state index is 11.6. The molecule has 0 aromatic rings. The zero-order valence-corrected chi connectivity index (χ0v) is 7.70. The molecule has 0 heterocycles. The van der Waals surface area contributed by atoms with Crippen LogP contribution in [0, 0.1) is 0 Å². The van der Waals surface area contributed by atoms with Crippen LogP contribution in [-0.2, 0) is 4.79 Å². The Kier molecular flexibility index (Phi) is 3.51. The molecule has 0 fully saturated rings. The van der Waals surface area contributed by atoms with E-state index in [9.17, 15) is 18.0 Å². The van der Waals surface area contributed by atoms with Crippen LogP contribution >= 0.6 is 0 Å². The molecule has 0 atom stereocenters. The van der Waals surface area contributed by atoms with E-state index in [1.54, 1.807) is 20.8 Å². The molecule has 76 valence electrons. The highest BCUT2D eigenvalue weighted by Crippen LogP contribution is 2.15. The van der Waals surface area contributed by atoms with Gasteiger partial charge in [-0.25, -0.2) is 0 Å². The van der Waals surface area contributed by atoms with Crippen LogP contribution in [0.2, 0.25) is 0 Å². The lowest BCUT2D eigenvalue weighted by Crippen LogP contribution is -2.39. The molecule has 0 aliphatic heterocycles. The molecule has 2 nitrogen and oxygen atoms in total. The SMILES string of the molecule is CC(C)(C)NC(=O)/C=C/C(F)(F)F. The minimum Gasteiger partial charge on any atom is -0.348 e. The zero-order chi connectivity index (χ0) is 10.7. The lowest BCUT2D eigenvalue weighted by molar-refractivity contribution is -0.118. The van der Waals surface area contributed by atoms with Gasteiger partial charge in [0.25, 0.3) is 0 Å². The van der Waals surface area contributed by atoms with E-state index in [-0.39, 0.29) is 6.08 Å². The monoisotopic (exact) mass is 195 g/mol. The Morgan fingerprint density at radius 1 is 1.23 bits per heavy atom. The summed E-state index contributed by atoms with van der Waals surface area (Å²) < 4.78 is 34.7. The second-order valence-electron chi connectivity index (χ2n) is 3.61. The zero-order valence-electron chi connectivity index (χ0n) is 7.70. The third-order valence-corrected chi connectivity index (χ3v) is 0.922. The van der Waals surface area contributed by atoms with Crippen molar-refractivity contribution < 1.29 is 18.0 Å². The van der Waals surface area contributed by atoms with Gasteiger partial charge in [-0.15, -0.1) is 0 Å². The third kappa shape index (κ3) is 8.91. The van der Waals surface area contributed by atoms with Crippen molar-refractivity contribution in [2.75, 3.05) is 0 Å². The lowest BCUT2D eigenvalue weighted by Gasteiger charge is -2.19. The highest BCUT2D eigenvalue weighted by atomic mass is 19.4. The molecule has 0 rings (SSSR count). The second kappa shape index (κ2) is 3.81. The topological polar surface area (TPSA) is 29.1 Å². The smallest absolute Gasteiger partial charge is 0.348 e. The summed E-state index contributed by atoms with van der Waals surface area (Å²) in [4.78, 5) is 10.8. The van der Waals surface area contributed by atoms with Crippen LogP contribution in [0.5, 0.6) is 0 Å². The van der Waals surface area contributed by atoms with Gasteiger partial charge in [-0.1, -0.05) is 0 Å². The number of carbonyl (C=O) groups excluding carboxylic acids is 1. The van der Waals surface area contributed by atoms with Crippen molar-refractivity contribution in [3.63, 3.8) is 0 Å². The Hall–Kier alpha value is -1.00. The van der Waals surface area contributed by atoms with Crippen LogP contribution in [0.3, 0.4) is 0 Å². The Labute approximate surface area is 74.8 Å². The van der Waals surface area contributed by atoms with Gasteiger partial charge in [0, 0.05) is 17.7 Å². The fraction of sp³-hybridized carbons (Fsp3) is 0.625. The van der Waals surface area contributed by atoms with E-state index in [0.29, 0.717) is 6.08 Å². The summed E-state index contributed by atoms with van der Waals surface area (Å²) in [7, 11) is 0. The number of nitrogens with one attached hydrogen (secondary N) is 1. The normalized spacial score (nSPS) is 13.4. The standard InChI is InChI=1S/C8H12F3NO/c1-7(2,3)12-6(13)4-5-8(9,10)11/h4-5H,1-3H3,(H,12,13)/b5-4+. The van der Waals surface area contributed by atoms with Gasteiger partial charge in [-0.05, 0) is 20.8 Å². The van der Waals surface area contributed by atoms with Crippen LogP contribution in [0.15, 0.2) is 12.2 Å². The van der Waals surface area contributed by atoms with Gasteiger partial charge >= 0.3 is 6.18 Å². The minimum absolute atomic E-state index is 0.0892. The number of alkyl halides is 3. The molecular weight excluding hydrogens is 183 g/mol. The molecular formula is C8H12F3NO. The number of carbonyl (C=O) groups is 1. The van der Waals surface area contributed by atoms with Gasteiger partial charge < -0.3 is 5.32 Å². The molecule has 0 saturated heterocycles. The molecule has 0 bridgehead atoms. The van der Waals surface area contributed by atoms with Crippen molar-refractivity contribution in [1.29, 1.82) is 0 Å². The van der Waals surface area contributed by atoms with E-state index in [1.807, 2.05) is 0 Å². The van der Waals surface area contributed by atoms with Crippen molar-refractivity contribution in [3.8, 4) is 0 Å². The average molecular weight is 195 g/mol. The van der Waals surface area contributed by atoms with E-state index in [4.69, 9.17) is 0 Å². The summed E-state index contributed by atoms with van der Waals surface area (Å²) in [5.74, 6) is -0.746. The lowest BCUT2D eigenvalue weighted by atomic mass is 10.1. The van der Waals surface area contributed by atoms with Gasteiger partial charge in [0.15, 0.2) is 0 Å². The van der Waals surface area contributed by atoms with Crippen molar-refractivity contribution in [3.05, 3.63) is 12.2 Å². The van der Waals surface area contributed by atoms with Crippen LogP contribution in [0.4, 0.5) is 13.2 Å². The maximum atomic E-state index is 11.6. The molecule has 0 aliphatic carbocycles. The summed E-state index contributed by atoms with van der Waals surface area (Å²) in [6.07, 6.45) is -4.05. The van der Waals surface area contributed by atoms with E-state index in [0.717, 1.165) is 0 Å². The predicted molar refractivity (Wildman–Crippen MR) is 43.1 cm³/mol. The Bertz CT molecular complexity index is 212. The fourth-order valence-electron chi connectivity index (χ4n) is 0.581. The minimum atomic E-state index is -4.44. The van der Waals surface area contributed by atoms with Crippen molar-refractivity contribution in [1.82, 2.24) is 5.32 Å². The molecule has 0 spiro atoms. The van der Waals surface area contributed by atoms with Gasteiger partial charge in [0.05, 0.1) is 0 Å². The number of rotatable bonds is 1. The van der Waals surface area contributed by atoms with Gasteiger partial charge in [0.1, 0.15) is 0 Å². The molecule has 1 N–H and O–H groups in total. The fourth-order valence-corrected chi connectivity index (χ4v) is 0.581. The molecule has 0 aromatic carbocycles. The Morgan fingerprint density at radius 2 is 1.69 bits per heavy atom. The van der Waals surface area contributed by atoms with Gasteiger partial charge in [-0.3, -0.25) is 4.79 Å². The van der Waals surface area contributed by atoms with E-state index in [2.05, 4.69) is 5.32 Å². The predicted octanol–water partition coefficient (Wildman–Crippen LogP) is 2.02. The van der Waals surface area contributed by atoms with Crippen LogP contribution in [0.1, 0.15) is 20.8 Å². The van der Waals surface area contributed by atoms with E-state index < -0.39 is 17.6 Å². The van der Waals surface area contributed by atoms with Crippen molar-refractivity contribution in [2.24, 2.45) is 0 Å². The van der Waals surface area contributed by atoms with Crippen molar-refractivity contribution >= 4 is 5.91 Å². The Balaban J connectivity index is 4.11. The first-order chi connectivity index (χ1) is 5.60. The summed E-state index contributed by atoms with van der Waals surface area (Å²) in [6, 6.07) is 0. The molecule has 5 heteroatoms. The number of hydrogen-bond donors (Lipinski definition) is 1.